The molecule has 0 aliphatic rings. The van der Waals surface area contributed by atoms with Crippen molar-refractivity contribution in [3.05, 3.63) is 102 Å². The van der Waals surface area contributed by atoms with Gasteiger partial charge in [-0.1, -0.05) is 66.7 Å². The Morgan fingerprint density at radius 2 is 1.53 bits per heavy atom. The van der Waals surface area contributed by atoms with Crippen LogP contribution in [0.1, 0.15) is 27.5 Å². The van der Waals surface area contributed by atoms with Crippen LogP contribution in [0.3, 0.4) is 0 Å². The van der Waals surface area contributed by atoms with Gasteiger partial charge in [0.15, 0.2) is 0 Å². The van der Waals surface area contributed by atoms with Crippen molar-refractivity contribution < 1.29 is 19.4 Å². The summed E-state index contributed by atoms with van der Waals surface area (Å²) in [6.45, 7) is 0.538. The van der Waals surface area contributed by atoms with Crippen LogP contribution in [0.2, 0.25) is 0 Å². The first-order valence-electron chi connectivity index (χ1n) is 9.88. The lowest BCUT2D eigenvalue weighted by Gasteiger charge is -2.30. The molecule has 0 saturated heterocycles. The number of aliphatic hydroxyl groups excluding tert-OH is 1. The molecule has 5 heteroatoms. The predicted octanol–water partition coefficient (Wildman–Crippen LogP) is 3.93. The molecular weight excluding hydrogens is 378 g/mol. The number of methoxy groups -OCH3 is 1. The van der Waals surface area contributed by atoms with E-state index in [-0.39, 0.29) is 12.6 Å². The first kappa shape index (κ1) is 21.6. The Balaban J connectivity index is 1.66. The summed E-state index contributed by atoms with van der Waals surface area (Å²) in [5.41, 5.74) is 2.73. The lowest BCUT2D eigenvalue weighted by atomic mass is 9.97. The van der Waals surface area contributed by atoms with E-state index in [0.717, 1.165) is 11.1 Å². The Labute approximate surface area is 177 Å². The summed E-state index contributed by atoms with van der Waals surface area (Å²) >= 11 is 0. The third-order valence-electron chi connectivity index (χ3n) is 4.87. The summed E-state index contributed by atoms with van der Waals surface area (Å²) in [7, 11) is 3.33. The van der Waals surface area contributed by atoms with E-state index in [0.29, 0.717) is 17.9 Å². The van der Waals surface area contributed by atoms with Crippen LogP contribution < -0.4 is 4.74 Å². The molecule has 1 atom stereocenters. The van der Waals surface area contributed by atoms with Gasteiger partial charge in [0.25, 0.3) is 0 Å². The van der Waals surface area contributed by atoms with E-state index in [9.17, 15) is 9.90 Å². The number of benzene rings is 3. The molecule has 0 spiro atoms. The smallest absolute Gasteiger partial charge is 0.337 e. The Morgan fingerprint density at radius 1 is 0.933 bits per heavy atom. The molecule has 0 aliphatic heterocycles. The molecule has 5 nitrogen and oxygen atoms in total. The zero-order chi connectivity index (χ0) is 21.3. The molecule has 0 bridgehead atoms. The molecule has 0 amide bonds. The largest absolute Gasteiger partial charge is 0.491 e. The van der Waals surface area contributed by atoms with Crippen molar-refractivity contribution in [2.75, 3.05) is 27.3 Å². The highest BCUT2D eigenvalue weighted by molar-refractivity contribution is 5.89. The Morgan fingerprint density at radius 3 is 2.10 bits per heavy atom. The van der Waals surface area contributed by atoms with Gasteiger partial charge in [-0.25, -0.2) is 4.79 Å². The number of carbonyl (C=O) groups is 1. The summed E-state index contributed by atoms with van der Waals surface area (Å²) in [6.07, 6.45) is -0.702. The van der Waals surface area contributed by atoms with Gasteiger partial charge in [-0.3, -0.25) is 4.90 Å². The molecule has 3 rings (SSSR count). The second kappa shape index (κ2) is 10.6. The standard InChI is InChI=1S/C25H27NO4/c1-26(24(19-10-5-3-6-11-19)20-12-7-4-8-13-20)17-22(27)18-30-23-15-9-14-21(16-23)25(28)29-2/h3-16,22,24,27H,17-18H2,1-2H3. The molecule has 1 unspecified atom stereocenters. The summed E-state index contributed by atoms with van der Waals surface area (Å²) in [5, 5.41) is 10.6. The second-order valence-electron chi connectivity index (χ2n) is 7.15. The quantitative estimate of drug-likeness (QED) is 0.547. The second-order valence-corrected chi connectivity index (χ2v) is 7.15. The molecule has 0 fully saturated rings. The van der Waals surface area contributed by atoms with Gasteiger partial charge in [0, 0.05) is 6.54 Å². The predicted molar refractivity (Wildman–Crippen MR) is 117 cm³/mol. The number of likely N-dealkylation sites (N-methyl/N-ethyl adjacent to an activating group) is 1. The van der Waals surface area contributed by atoms with Crippen molar-refractivity contribution in [1.29, 1.82) is 0 Å². The van der Waals surface area contributed by atoms with E-state index in [1.54, 1.807) is 24.3 Å². The summed E-state index contributed by atoms with van der Waals surface area (Å²) in [5.74, 6) is 0.0940. The van der Waals surface area contributed by atoms with Crippen molar-refractivity contribution in [2.24, 2.45) is 0 Å². The zero-order valence-corrected chi connectivity index (χ0v) is 17.3. The van der Waals surface area contributed by atoms with Gasteiger partial charge in [0.05, 0.1) is 18.7 Å². The summed E-state index contributed by atoms with van der Waals surface area (Å²) < 4.78 is 10.4. The van der Waals surface area contributed by atoms with Crippen molar-refractivity contribution >= 4 is 5.97 Å². The van der Waals surface area contributed by atoms with Crippen LogP contribution in [0.5, 0.6) is 5.75 Å². The van der Waals surface area contributed by atoms with Crippen LogP contribution in [-0.2, 0) is 4.74 Å². The molecule has 3 aromatic carbocycles. The third-order valence-corrected chi connectivity index (χ3v) is 4.87. The van der Waals surface area contributed by atoms with Crippen LogP contribution in [0.25, 0.3) is 0 Å². The maximum Gasteiger partial charge on any atom is 0.337 e. The number of rotatable bonds is 9. The van der Waals surface area contributed by atoms with Crippen molar-refractivity contribution in [3.8, 4) is 5.75 Å². The molecule has 0 heterocycles. The van der Waals surface area contributed by atoms with E-state index < -0.39 is 12.1 Å². The lowest BCUT2D eigenvalue weighted by molar-refractivity contribution is 0.0598. The maximum absolute atomic E-state index is 11.7. The number of hydrogen-bond donors (Lipinski definition) is 1. The van der Waals surface area contributed by atoms with E-state index in [1.807, 2.05) is 43.4 Å². The van der Waals surface area contributed by atoms with Crippen molar-refractivity contribution in [3.63, 3.8) is 0 Å². The minimum atomic E-state index is -0.702. The monoisotopic (exact) mass is 405 g/mol. The Kier molecular flexibility index (Phi) is 7.60. The fourth-order valence-electron chi connectivity index (χ4n) is 3.49. The molecule has 0 aromatic heterocycles. The minimum absolute atomic E-state index is 0.0182. The summed E-state index contributed by atoms with van der Waals surface area (Å²) in [4.78, 5) is 13.8. The third kappa shape index (κ3) is 5.69. The zero-order valence-electron chi connectivity index (χ0n) is 17.3. The fourth-order valence-corrected chi connectivity index (χ4v) is 3.49. The molecule has 3 aromatic rings. The first-order chi connectivity index (χ1) is 14.6. The Hall–Kier alpha value is -3.15. The summed E-state index contributed by atoms with van der Waals surface area (Å²) in [6, 6.07) is 27.2. The molecule has 30 heavy (non-hydrogen) atoms. The highest BCUT2D eigenvalue weighted by atomic mass is 16.5. The van der Waals surface area contributed by atoms with Gasteiger partial charge >= 0.3 is 5.97 Å². The average Bonchev–Trinajstić information content (AvgIpc) is 2.79. The van der Waals surface area contributed by atoms with Gasteiger partial charge in [-0.15, -0.1) is 0 Å². The highest BCUT2D eigenvalue weighted by Crippen LogP contribution is 2.27. The van der Waals surface area contributed by atoms with E-state index >= 15 is 0 Å². The maximum atomic E-state index is 11.7. The molecule has 0 saturated carbocycles. The number of nitrogens with zero attached hydrogens (tertiary/aromatic N) is 1. The highest BCUT2D eigenvalue weighted by Gasteiger charge is 2.21. The number of ether oxygens (including phenoxy) is 2. The Bertz CT molecular complexity index is 891. The number of aliphatic hydroxyl groups is 1. The van der Waals surface area contributed by atoms with Crippen LogP contribution in [0.4, 0.5) is 0 Å². The van der Waals surface area contributed by atoms with Crippen molar-refractivity contribution in [2.45, 2.75) is 12.1 Å². The van der Waals surface area contributed by atoms with Crippen molar-refractivity contribution in [1.82, 2.24) is 4.90 Å². The molecule has 0 radical (unpaired) electrons. The number of hydrogen-bond acceptors (Lipinski definition) is 5. The minimum Gasteiger partial charge on any atom is -0.491 e. The van der Waals surface area contributed by atoms with Gasteiger partial charge < -0.3 is 14.6 Å². The van der Waals surface area contributed by atoms with Gasteiger partial charge in [0.1, 0.15) is 18.5 Å². The molecule has 1 N–H and O–H groups in total. The van der Waals surface area contributed by atoms with E-state index in [4.69, 9.17) is 9.47 Å². The first-order valence-corrected chi connectivity index (χ1v) is 9.88. The normalized spacial score (nSPS) is 12.0. The number of esters is 1. The van der Waals surface area contributed by atoms with Crippen LogP contribution in [0, 0.1) is 0 Å². The van der Waals surface area contributed by atoms with Gasteiger partial charge in [0.2, 0.25) is 0 Å². The average molecular weight is 405 g/mol. The SMILES string of the molecule is COC(=O)c1cccc(OCC(O)CN(C)C(c2ccccc2)c2ccccc2)c1. The van der Waals surface area contributed by atoms with Crippen LogP contribution in [0.15, 0.2) is 84.9 Å². The van der Waals surface area contributed by atoms with Crippen LogP contribution in [-0.4, -0.2) is 49.4 Å². The molecular formula is C25H27NO4. The van der Waals surface area contributed by atoms with Gasteiger partial charge in [-0.2, -0.15) is 0 Å². The topological polar surface area (TPSA) is 59.0 Å². The van der Waals surface area contributed by atoms with E-state index in [2.05, 4.69) is 29.2 Å². The lowest BCUT2D eigenvalue weighted by Crippen LogP contribution is -2.36. The van der Waals surface area contributed by atoms with E-state index in [1.165, 1.54) is 7.11 Å². The van der Waals surface area contributed by atoms with Crippen LogP contribution >= 0.6 is 0 Å². The van der Waals surface area contributed by atoms with Gasteiger partial charge in [-0.05, 0) is 36.4 Å². The number of carbonyl (C=O) groups excluding carboxylic acids is 1. The molecule has 0 aliphatic carbocycles. The fraction of sp³-hybridized carbons (Fsp3) is 0.240. The molecule has 156 valence electrons.